The number of nitrogens with zero attached hydrogens (tertiary/aromatic N) is 5. The number of nitrogens with one attached hydrogen (secondary N) is 1. The molecule has 1 saturated carbocycles. The lowest BCUT2D eigenvalue weighted by atomic mass is 9.85. The van der Waals surface area contributed by atoms with Gasteiger partial charge in [0.2, 0.25) is 17.8 Å². The predicted molar refractivity (Wildman–Crippen MR) is 149 cm³/mol. The largest absolute Gasteiger partial charge is 0.351 e. The van der Waals surface area contributed by atoms with Crippen molar-refractivity contribution in [1.29, 1.82) is 0 Å². The van der Waals surface area contributed by atoms with Crippen molar-refractivity contribution in [3.63, 3.8) is 0 Å². The first-order valence-electron chi connectivity index (χ1n) is 12.9. The van der Waals surface area contributed by atoms with Crippen LogP contribution in [0.3, 0.4) is 0 Å². The summed E-state index contributed by atoms with van der Waals surface area (Å²) in [5.41, 5.74) is 2.99. The molecule has 0 radical (unpaired) electrons. The number of aryl methyl sites for hydroxylation is 1. The number of hydrogen-bond acceptors (Lipinski definition) is 3. The standard InChI is InChI=1S/C28H42N6O2/c1-9-23-25(34(22-13-11-12-14-22)18-28(5,10-2)26(36)33(23)8)31-27(29-6)30-21-15-16-24(19(3)17-21)32(7)20(4)35/h9,15-17,22H,10-14,18H2,1-8H3,(H,29,30). The Morgan fingerprint density at radius 2 is 1.97 bits per heavy atom. The van der Waals surface area contributed by atoms with Crippen molar-refractivity contribution in [2.75, 3.05) is 37.9 Å². The summed E-state index contributed by atoms with van der Waals surface area (Å²) in [5, 5.41) is 3.35. The molecule has 3 rings (SSSR count). The Balaban J connectivity index is 2.02. The van der Waals surface area contributed by atoms with Crippen molar-refractivity contribution in [3.05, 3.63) is 35.5 Å². The highest BCUT2D eigenvalue weighted by Crippen LogP contribution is 2.36. The van der Waals surface area contributed by atoms with Crippen LogP contribution in [-0.2, 0) is 9.59 Å². The fourth-order valence-electron chi connectivity index (χ4n) is 5.20. The van der Waals surface area contributed by atoms with Crippen molar-refractivity contribution >= 4 is 35.0 Å². The summed E-state index contributed by atoms with van der Waals surface area (Å²) in [5.74, 6) is 1.36. The van der Waals surface area contributed by atoms with Gasteiger partial charge in [-0.2, -0.15) is 4.99 Å². The number of anilines is 2. The van der Waals surface area contributed by atoms with Gasteiger partial charge in [0.05, 0.1) is 11.1 Å². The summed E-state index contributed by atoms with van der Waals surface area (Å²) in [6.07, 6.45) is 7.33. The molecule has 0 bridgehead atoms. The van der Waals surface area contributed by atoms with Gasteiger partial charge in [-0.05, 0) is 63.8 Å². The van der Waals surface area contributed by atoms with E-state index in [1.54, 1.807) is 30.8 Å². The number of aliphatic imine (C=N–C) groups is 2. The van der Waals surface area contributed by atoms with Gasteiger partial charge < -0.3 is 20.0 Å². The third kappa shape index (κ3) is 5.47. The number of hydrogen-bond donors (Lipinski definition) is 1. The fraction of sp³-hybridized carbons (Fsp3) is 0.571. The van der Waals surface area contributed by atoms with Crippen LogP contribution in [0.25, 0.3) is 0 Å². The lowest BCUT2D eigenvalue weighted by Gasteiger charge is -2.35. The Bertz CT molecular complexity index is 1090. The molecule has 1 aliphatic carbocycles. The number of likely N-dealkylation sites (N-methyl/N-ethyl adjacent to an activating group) is 1. The number of carbonyl (C=O) groups is 2. The highest BCUT2D eigenvalue weighted by molar-refractivity contribution is 6.11. The van der Waals surface area contributed by atoms with Gasteiger partial charge in [0.25, 0.3) is 0 Å². The maximum atomic E-state index is 13.5. The third-order valence-electron chi connectivity index (χ3n) is 7.73. The molecule has 2 aliphatic rings. The Morgan fingerprint density at radius 3 is 2.50 bits per heavy atom. The zero-order valence-corrected chi connectivity index (χ0v) is 23.2. The van der Waals surface area contributed by atoms with E-state index in [1.165, 1.54) is 12.8 Å². The molecule has 8 nitrogen and oxygen atoms in total. The minimum atomic E-state index is -0.491. The molecule has 8 heteroatoms. The van der Waals surface area contributed by atoms with Gasteiger partial charge in [0.15, 0.2) is 5.84 Å². The van der Waals surface area contributed by atoms with Gasteiger partial charge >= 0.3 is 0 Å². The molecule has 0 spiro atoms. The Hall–Kier alpha value is -3.16. The number of rotatable bonds is 4. The average molecular weight is 495 g/mol. The van der Waals surface area contributed by atoms with Gasteiger partial charge in [-0.3, -0.25) is 14.6 Å². The summed E-state index contributed by atoms with van der Waals surface area (Å²) >= 11 is 0. The van der Waals surface area contributed by atoms with Crippen LogP contribution in [-0.4, -0.2) is 67.1 Å². The van der Waals surface area contributed by atoms with Gasteiger partial charge in [0.1, 0.15) is 0 Å². The van der Waals surface area contributed by atoms with E-state index in [0.717, 1.165) is 47.7 Å². The molecule has 1 unspecified atom stereocenters. The molecule has 36 heavy (non-hydrogen) atoms. The average Bonchev–Trinajstić information content (AvgIpc) is 3.38. The van der Waals surface area contributed by atoms with Crippen LogP contribution in [0, 0.1) is 12.3 Å². The molecule has 1 heterocycles. The number of guanidine groups is 1. The van der Waals surface area contributed by atoms with E-state index in [2.05, 4.69) is 29.1 Å². The molecule has 1 aromatic rings. The van der Waals surface area contributed by atoms with Crippen LogP contribution in [0.4, 0.5) is 11.4 Å². The summed E-state index contributed by atoms with van der Waals surface area (Å²) in [6.45, 7) is 10.3. The maximum absolute atomic E-state index is 13.5. The van der Waals surface area contributed by atoms with Crippen LogP contribution >= 0.6 is 0 Å². The first-order chi connectivity index (χ1) is 17.1. The molecular formula is C28H42N6O2. The predicted octanol–water partition coefficient (Wildman–Crippen LogP) is 4.81. The summed E-state index contributed by atoms with van der Waals surface area (Å²) < 4.78 is 0. The molecule has 1 N–H and O–H groups in total. The van der Waals surface area contributed by atoms with Crippen LogP contribution in [0.5, 0.6) is 0 Å². The van der Waals surface area contributed by atoms with E-state index in [4.69, 9.17) is 4.99 Å². The Morgan fingerprint density at radius 1 is 1.31 bits per heavy atom. The number of amidine groups is 1. The summed E-state index contributed by atoms with van der Waals surface area (Å²) in [6, 6.07) is 6.19. The van der Waals surface area contributed by atoms with Gasteiger partial charge in [-0.15, -0.1) is 0 Å². The second-order valence-electron chi connectivity index (χ2n) is 10.2. The van der Waals surface area contributed by atoms with E-state index >= 15 is 0 Å². The number of benzene rings is 1. The zero-order valence-electron chi connectivity index (χ0n) is 23.2. The van der Waals surface area contributed by atoms with E-state index in [9.17, 15) is 9.59 Å². The number of amides is 2. The van der Waals surface area contributed by atoms with Crippen molar-refractivity contribution in [2.45, 2.75) is 72.8 Å². The van der Waals surface area contributed by atoms with Gasteiger partial charge in [-0.1, -0.05) is 25.8 Å². The smallest absolute Gasteiger partial charge is 0.234 e. The molecule has 1 atom stereocenters. The topological polar surface area (TPSA) is 80.6 Å². The number of carbonyl (C=O) groups excluding carboxylic acids is 2. The number of allylic oxidation sites excluding steroid dienone is 1. The van der Waals surface area contributed by atoms with Gasteiger partial charge in [-0.25, -0.2) is 0 Å². The summed E-state index contributed by atoms with van der Waals surface area (Å²) in [4.78, 5) is 40.6. The quantitative estimate of drug-likeness (QED) is 0.481. The monoisotopic (exact) mass is 494 g/mol. The first kappa shape index (κ1) is 27.4. The highest BCUT2D eigenvalue weighted by atomic mass is 16.2. The van der Waals surface area contributed by atoms with Crippen molar-refractivity contribution in [2.24, 2.45) is 15.4 Å². The lowest BCUT2D eigenvalue weighted by Crippen LogP contribution is -2.46. The van der Waals surface area contributed by atoms with E-state index in [-0.39, 0.29) is 11.8 Å². The lowest BCUT2D eigenvalue weighted by molar-refractivity contribution is -0.137. The molecule has 1 aromatic carbocycles. The second kappa shape index (κ2) is 11.3. The van der Waals surface area contributed by atoms with Crippen LogP contribution in [0.15, 0.2) is 40.0 Å². The van der Waals surface area contributed by atoms with Crippen LogP contribution < -0.4 is 10.2 Å². The minimum Gasteiger partial charge on any atom is -0.351 e. The third-order valence-corrected chi connectivity index (χ3v) is 7.73. The van der Waals surface area contributed by atoms with E-state index in [1.807, 2.05) is 45.2 Å². The Labute approximate surface area is 216 Å². The SMILES string of the molecule is CC=C1C(=NC(=NC)Nc2ccc(N(C)C(C)=O)c(C)c2)N(C2CCCC2)CC(C)(CC)C(=O)N1C. The molecular weight excluding hydrogens is 452 g/mol. The normalized spacial score (nSPS) is 24.0. The van der Waals surface area contributed by atoms with Gasteiger partial charge in [0, 0.05) is 52.0 Å². The molecule has 0 aromatic heterocycles. The minimum absolute atomic E-state index is 0.0157. The van der Waals surface area contributed by atoms with Crippen LogP contribution in [0.2, 0.25) is 0 Å². The zero-order chi connectivity index (χ0) is 26.6. The molecule has 1 aliphatic heterocycles. The fourth-order valence-corrected chi connectivity index (χ4v) is 5.20. The highest BCUT2D eigenvalue weighted by Gasteiger charge is 2.44. The second-order valence-corrected chi connectivity index (χ2v) is 10.2. The molecule has 196 valence electrons. The molecule has 2 amide bonds. The maximum Gasteiger partial charge on any atom is 0.234 e. The first-order valence-corrected chi connectivity index (χ1v) is 12.9. The molecule has 2 fully saturated rings. The van der Waals surface area contributed by atoms with Crippen molar-refractivity contribution < 1.29 is 9.59 Å². The van der Waals surface area contributed by atoms with Crippen molar-refractivity contribution in [3.8, 4) is 0 Å². The summed E-state index contributed by atoms with van der Waals surface area (Å²) in [7, 11) is 5.34. The van der Waals surface area contributed by atoms with Crippen molar-refractivity contribution in [1.82, 2.24) is 9.80 Å². The molecule has 1 saturated heterocycles. The van der Waals surface area contributed by atoms with E-state index < -0.39 is 5.41 Å². The van der Waals surface area contributed by atoms with E-state index in [0.29, 0.717) is 18.5 Å². The van der Waals surface area contributed by atoms with Crippen LogP contribution in [0.1, 0.15) is 65.4 Å². The Kier molecular flexibility index (Phi) is 8.59.